The summed E-state index contributed by atoms with van der Waals surface area (Å²) in [5.74, 6) is 0.924. The third-order valence-corrected chi connectivity index (χ3v) is 10.4. The minimum atomic E-state index is -1.10. The SMILES string of the molecule is C=CCC(CC[C@@H]1CN(C(=O)OC(C)(C)C)C(C)(C)C1)NS(=O)C(C)(C)C.C=CCC(N)CC[C@@H]1CN(C(=O)OC(C)(C)C)C(C)(C)C1. The highest BCUT2D eigenvalue weighted by Crippen LogP contribution is 2.37. The van der Waals surface area contributed by atoms with E-state index in [1.807, 2.05) is 84.3 Å². The number of carbonyl (C=O) groups is 2. The van der Waals surface area contributed by atoms with Crippen molar-refractivity contribution in [2.24, 2.45) is 17.6 Å². The van der Waals surface area contributed by atoms with E-state index < -0.39 is 22.2 Å². The van der Waals surface area contributed by atoms with E-state index in [2.05, 4.69) is 45.6 Å². The zero-order chi connectivity index (χ0) is 37.3. The van der Waals surface area contributed by atoms with Crippen LogP contribution in [0, 0.1) is 11.8 Å². The number of hydrogen-bond donors (Lipinski definition) is 2. The molecule has 280 valence electrons. The highest BCUT2D eigenvalue weighted by Gasteiger charge is 2.44. The first kappa shape index (κ1) is 44.1. The van der Waals surface area contributed by atoms with Crippen molar-refractivity contribution in [1.82, 2.24) is 14.5 Å². The van der Waals surface area contributed by atoms with Gasteiger partial charge in [0.15, 0.2) is 0 Å². The highest BCUT2D eigenvalue weighted by atomic mass is 32.2. The molecule has 10 heteroatoms. The Bertz CT molecular complexity index is 1090. The van der Waals surface area contributed by atoms with Gasteiger partial charge < -0.3 is 25.0 Å². The van der Waals surface area contributed by atoms with Gasteiger partial charge in [-0.15, -0.1) is 13.2 Å². The maximum atomic E-state index is 12.6. The zero-order valence-corrected chi connectivity index (χ0v) is 33.7. The molecule has 2 aliphatic rings. The summed E-state index contributed by atoms with van der Waals surface area (Å²) in [5, 5.41) is 0. The molecule has 0 bridgehead atoms. The van der Waals surface area contributed by atoms with Gasteiger partial charge in [0.1, 0.15) is 11.2 Å². The monoisotopic (exact) mass is 697 g/mol. The van der Waals surface area contributed by atoms with Crippen LogP contribution < -0.4 is 10.5 Å². The van der Waals surface area contributed by atoms with Crippen LogP contribution in [-0.2, 0) is 20.5 Å². The standard InChI is InChI=1S/C21H40N2O3S.C17H32N2O2/c1-10-11-17(22-27(25)20(5,6)7)13-12-16-14-21(8,9)23(15-16)18(24)26-19(2,3)4;1-7-8-14(18)10-9-13-11-17(5,6)19(12-13)15(20)21-16(2,3)4/h10,16-17,22H,1,11-15H2,2-9H3;7,13-14H,1,8-12,18H2,2-6H3/t16-,17?,27?;13-,14?/m00/s1. The average molecular weight is 697 g/mol. The number of amides is 2. The largest absolute Gasteiger partial charge is 0.444 e. The Morgan fingerprint density at radius 1 is 0.812 bits per heavy atom. The molecule has 0 radical (unpaired) electrons. The molecule has 2 fully saturated rings. The molecule has 9 nitrogen and oxygen atoms in total. The molecule has 5 atom stereocenters. The van der Waals surface area contributed by atoms with Crippen molar-refractivity contribution in [2.45, 2.75) is 180 Å². The average Bonchev–Trinajstić information content (AvgIpc) is 3.38. The van der Waals surface area contributed by atoms with Gasteiger partial charge in [-0.05, 0) is 153 Å². The number of nitrogens with two attached hydrogens (primary N) is 1. The minimum Gasteiger partial charge on any atom is -0.444 e. The first-order valence-electron chi connectivity index (χ1n) is 17.9. The van der Waals surface area contributed by atoms with Crippen LogP contribution in [0.5, 0.6) is 0 Å². The zero-order valence-electron chi connectivity index (χ0n) is 32.9. The molecule has 0 aromatic carbocycles. The second-order valence-corrected chi connectivity index (χ2v) is 20.1. The Kier molecular flexibility index (Phi) is 16.4. The van der Waals surface area contributed by atoms with Crippen molar-refractivity contribution >= 4 is 23.2 Å². The Morgan fingerprint density at radius 2 is 1.21 bits per heavy atom. The Hall–Kier alpha value is -1.91. The number of hydrogen-bond acceptors (Lipinski definition) is 6. The topological polar surface area (TPSA) is 114 Å². The lowest BCUT2D eigenvalue weighted by Gasteiger charge is -2.33. The van der Waals surface area contributed by atoms with Crippen molar-refractivity contribution < 1.29 is 23.3 Å². The van der Waals surface area contributed by atoms with Crippen LogP contribution in [0.25, 0.3) is 0 Å². The summed E-state index contributed by atoms with van der Waals surface area (Å²) in [5.41, 5.74) is 4.75. The summed E-state index contributed by atoms with van der Waals surface area (Å²) in [6, 6.07) is 0.322. The molecule has 0 aromatic heterocycles. The van der Waals surface area contributed by atoms with Crippen molar-refractivity contribution in [3.63, 3.8) is 0 Å². The summed E-state index contributed by atoms with van der Waals surface area (Å²) in [6.45, 7) is 34.8. The lowest BCUT2D eigenvalue weighted by Crippen LogP contribution is -2.45. The molecule has 0 spiro atoms. The molecule has 48 heavy (non-hydrogen) atoms. The van der Waals surface area contributed by atoms with E-state index in [1.165, 1.54) is 0 Å². The summed E-state index contributed by atoms with van der Waals surface area (Å²) in [4.78, 5) is 28.6. The number of rotatable bonds is 12. The Balaban J connectivity index is 0.000000495. The van der Waals surface area contributed by atoms with E-state index >= 15 is 0 Å². The van der Waals surface area contributed by atoms with E-state index in [-0.39, 0.29) is 40.1 Å². The molecule has 2 amide bonds. The van der Waals surface area contributed by atoms with Crippen LogP contribution in [0.1, 0.15) is 141 Å². The molecule has 3 unspecified atom stereocenters. The van der Waals surface area contributed by atoms with Gasteiger partial charge in [-0.2, -0.15) is 0 Å². The van der Waals surface area contributed by atoms with E-state index in [9.17, 15) is 13.8 Å². The van der Waals surface area contributed by atoms with E-state index in [4.69, 9.17) is 15.2 Å². The molecule has 2 aliphatic heterocycles. The lowest BCUT2D eigenvalue weighted by molar-refractivity contribution is 0.0118. The minimum absolute atomic E-state index is 0.140. The molecular formula is C38H72N4O5S. The second-order valence-electron chi connectivity index (χ2n) is 18.1. The van der Waals surface area contributed by atoms with Gasteiger partial charge in [-0.3, -0.25) is 0 Å². The summed E-state index contributed by atoms with van der Waals surface area (Å²) >= 11 is 0. The summed E-state index contributed by atoms with van der Waals surface area (Å²) in [6.07, 6.45) is 10.8. The first-order valence-corrected chi connectivity index (χ1v) is 19.0. The highest BCUT2D eigenvalue weighted by molar-refractivity contribution is 7.84. The van der Waals surface area contributed by atoms with Gasteiger partial charge >= 0.3 is 12.2 Å². The quantitative estimate of drug-likeness (QED) is 0.198. The van der Waals surface area contributed by atoms with Gasteiger partial charge in [0.2, 0.25) is 0 Å². The molecule has 0 aliphatic carbocycles. The molecule has 2 saturated heterocycles. The van der Waals surface area contributed by atoms with Crippen molar-refractivity contribution in [2.75, 3.05) is 13.1 Å². The fraction of sp³-hybridized carbons (Fsp3) is 0.842. The molecular weight excluding hydrogens is 625 g/mol. The van der Waals surface area contributed by atoms with Crippen LogP contribution in [0.3, 0.4) is 0 Å². The van der Waals surface area contributed by atoms with Crippen molar-refractivity contribution in [3.8, 4) is 0 Å². The smallest absolute Gasteiger partial charge is 0.410 e. The number of ether oxygens (including phenoxy) is 2. The fourth-order valence-corrected chi connectivity index (χ4v) is 7.28. The predicted molar refractivity (Wildman–Crippen MR) is 201 cm³/mol. The van der Waals surface area contributed by atoms with Crippen LogP contribution in [-0.4, -0.2) is 78.4 Å². The van der Waals surface area contributed by atoms with Crippen LogP contribution in [0.4, 0.5) is 9.59 Å². The van der Waals surface area contributed by atoms with E-state index in [0.717, 1.165) is 57.9 Å². The number of nitrogens with zero attached hydrogens (tertiary/aromatic N) is 2. The van der Waals surface area contributed by atoms with Crippen molar-refractivity contribution in [3.05, 3.63) is 25.3 Å². The first-order chi connectivity index (χ1) is 21.7. The van der Waals surface area contributed by atoms with Gasteiger partial charge in [0.25, 0.3) is 0 Å². The van der Waals surface area contributed by atoms with Gasteiger partial charge in [-0.25, -0.2) is 18.5 Å². The second kappa shape index (κ2) is 17.8. The number of likely N-dealkylation sites (tertiary alicyclic amines) is 2. The molecule has 0 aromatic rings. The Morgan fingerprint density at radius 3 is 1.56 bits per heavy atom. The van der Waals surface area contributed by atoms with Gasteiger partial charge in [-0.1, -0.05) is 12.2 Å². The number of nitrogens with one attached hydrogen (secondary N) is 1. The van der Waals surface area contributed by atoms with Crippen molar-refractivity contribution in [1.29, 1.82) is 0 Å². The summed E-state index contributed by atoms with van der Waals surface area (Å²) in [7, 11) is -1.10. The van der Waals surface area contributed by atoms with Gasteiger partial charge in [0, 0.05) is 36.3 Å². The third-order valence-electron chi connectivity index (χ3n) is 8.77. The normalized spacial score (nSPS) is 22.6. The molecule has 2 heterocycles. The fourth-order valence-electron chi connectivity index (χ4n) is 6.41. The predicted octanol–water partition coefficient (Wildman–Crippen LogP) is 8.50. The maximum Gasteiger partial charge on any atom is 0.410 e. The molecule has 3 N–H and O–H groups in total. The third kappa shape index (κ3) is 15.8. The number of carbonyl (C=O) groups excluding carboxylic acids is 2. The van der Waals surface area contributed by atoms with E-state index in [1.54, 1.807) is 0 Å². The van der Waals surface area contributed by atoms with Crippen LogP contribution in [0.15, 0.2) is 25.3 Å². The Labute approximate surface area is 296 Å². The lowest BCUT2D eigenvalue weighted by atomic mass is 9.92. The van der Waals surface area contributed by atoms with Gasteiger partial charge in [0.05, 0.1) is 15.7 Å². The molecule has 0 saturated carbocycles. The summed E-state index contributed by atoms with van der Waals surface area (Å²) < 4.78 is 26.5. The van der Waals surface area contributed by atoms with Crippen LogP contribution >= 0.6 is 0 Å². The van der Waals surface area contributed by atoms with E-state index in [0.29, 0.717) is 18.4 Å². The maximum absolute atomic E-state index is 12.6. The molecule has 2 rings (SSSR count). The van der Waals surface area contributed by atoms with Crippen LogP contribution in [0.2, 0.25) is 0 Å².